The number of anilines is 1. The molecule has 0 aliphatic carbocycles. The Morgan fingerprint density at radius 1 is 1.27 bits per heavy atom. The number of rotatable bonds is 6. The minimum absolute atomic E-state index is 0.0384. The molecule has 198 valence electrons. The molecule has 14 heteroatoms. The van der Waals surface area contributed by atoms with Crippen LogP contribution in [0, 0.1) is 5.92 Å². The number of ether oxygens (including phenoxy) is 1. The van der Waals surface area contributed by atoms with Gasteiger partial charge in [-0.1, -0.05) is 13.0 Å². The smallest absolute Gasteiger partial charge is 0.423 e. The van der Waals surface area contributed by atoms with Crippen molar-refractivity contribution in [3.63, 3.8) is 0 Å². The Labute approximate surface area is 208 Å². The highest BCUT2D eigenvalue weighted by Crippen LogP contribution is 2.37. The molecule has 0 radical (unpaired) electrons. The van der Waals surface area contributed by atoms with Gasteiger partial charge in [0.1, 0.15) is 5.56 Å². The lowest BCUT2D eigenvalue weighted by molar-refractivity contribution is -0.139. The van der Waals surface area contributed by atoms with Crippen molar-refractivity contribution in [1.82, 2.24) is 29.6 Å². The van der Waals surface area contributed by atoms with Crippen LogP contribution in [0.4, 0.5) is 27.9 Å². The van der Waals surface area contributed by atoms with E-state index in [2.05, 4.69) is 25.4 Å². The van der Waals surface area contributed by atoms with Crippen molar-refractivity contribution in [3.05, 3.63) is 48.0 Å². The van der Waals surface area contributed by atoms with E-state index in [-0.39, 0.29) is 18.2 Å². The molecule has 0 aromatic carbocycles. The van der Waals surface area contributed by atoms with E-state index in [1.807, 2.05) is 0 Å². The van der Waals surface area contributed by atoms with Crippen LogP contribution in [0.25, 0.3) is 11.3 Å². The number of pyridine rings is 1. The maximum atomic E-state index is 14.6. The highest BCUT2D eigenvalue weighted by Gasteiger charge is 2.47. The number of likely N-dealkylation sites (tertiary alicyclic amines) is 1. The van der Waals surface area contributed by atoms with Crippen molar-refractivity contribution in [2.45, 2.75) is 31.5 Å². The minimum atomic E-state index is -4.72. The first-order valence-corrected chi connectivity index (χ1v) is 11.3. The van der Waals surface area contributed by atoms with Gasteiger partial charge in [0.15, 0.2) is 5.69 Å². The molecule has 0 saturated carbocycles. The van der Waals surface area contributed by atoms with Crippen LogP contribution in [-0.4, -0.2) is 67.7 Å². The van der Waals surface area contributed by atoms with Crippen LogP contribution in [0.1, 0.15) is 29.4 Å². The van der Waals surface area contributed by atoms with E-state index in [9.17, 15) is 26.7 Å². The standard InChI is InChI=1S/C23H24F5N7O2/c1-13-8-22(24,25)12-35(20(36)18-14(11-34(2)33-18)16-6-4-5-7-29-16)17(13)10-31-21-30-9-15(23(26,27)28)19(32-21)37-3/h4-7,9,11,13,17H,8,10,12H2,1-3H3,(H,30,31,32)/t13-,17?/m1/s1. The van der Waals surface area contributed by atoms with Gasteiger partial charge in [0.25, 0.3) is 11.8 Å². The van der Waals surface area contributed by atoms with Crippen LogP contribution < -0.4 is 10.1 Å². The number of piperidine rings is 1. The van der Waals surface area contributed by atoms with Gasteiger partial charge in [0.05, 0.1) is 31.0 Å². The number of carbonyl (C=O) groups is 1. The van der Waals surface area contributed by atoms with E-state index in [0.717, 1.165) is 12.0 Å². The molecule has 9 nitrogen and oxygen atoms in total. The number of methoxy groups -OCH3 is 1. The summed E-state index contributed by atoms with van der Waals surface area (Å²) in [6.45, 7) is 0.632. The number of alkyl halides is 5. The fraction of sp³-hybridized carbons (Fsp3) is 0.435. The van der Waals surface area contributed by atoms with Gasteiger partial charge >= 0.3 is 6.18 Å². The largest absolute Gasteiger partial charge is 0.480 e. The predicted molar refractivity (Wildman–Crippen MR) is 122 cm³/mol. The molecular formula is C23H24F5N7O2. The molecule has 0 spiro atoms. The maximum Gasteiger partial charge on any atom is 0.423 e. The summed E-state index contributed by atoms with van der Waals surface area (Å²) in [6, 6.07) is 4.35. The molecule has 3 aromatic heterocycles. The third-order valence-corrected chi connectivity index (χ3v) is 6.03. The minimum Gasteiger partial charge on any atom is -0.480 e. The van der Waals surface area contributed by atoms with Gasteiger partial charge in [-0.25, -0.2) is 13.8 Å². The number of aromatic nitrogens is 5. The fourth-order valence-electron chi connectivity index (χ4n) is 4.37. The molecule has 3 aromatic rings. The Balaban J connectivity index is 1.62. The number of nitrogens with one attached hydrogen (secondary N) is 1. The molecule has 1 fully saturated rings. The molecule has 2 atom stereocenters. The lowest BCUT2D eigenvalue weighted by Gasteiger charge is -2.43. The summed E-state index contributed by atoms with van der Waals surface area (Å²) in [7, 11) is 2.64. The molecule has 37 heavy (non-hydrogen) atoms. The SMILES string of the molecule is COc1nc(NCC2[C@H](C)CC(F)(F)CN2C(=O)c2nn(C)cc2-c2ccccn2)ncc1C(F)(F)F. The number of nitrogens with zero attached hydrogens (tertiary/aromatic N) is 6. The normalized spacial score (nSPS) is 19.5. The van der Waals surface area contributed by atoms with E-state index in [4.69, 9.17) is 4.74 Å². The van der Waals surface area contributed by atoms with E-state index in [0.29, 0.717) is 17.5 Å². The van der Waals surface area contributed by atoms with Gasteiger partial charge in [0.2, 0.25) is 11.8 Å². The Morgan fingerprint density at radius 2 is 2.03 bits per heavy atom. The van der Waals surface area contributed by atoms with E-state index in [1.54, 1.807) is 44.6 Å². The third-order valence-electron chi connectivity index (χ3n) is 6.03. The Hall–Kier alpha value is -3.84. The molecule has 1 unspecified atom stereocenters. The van der Waals surface area contributed by atoms with Gasteiger partial charge < -0.3 is 15.0 Å². The van der Waals surface area contributed by atoms with Crippen LogP contribution in [0.5, 0.6) is 5.88 Å². The maximum absolute atomic E-state index is 14.6. The zero-order valence-corrected chi connectivity index (χ0v) is 20.1. The highest BCUT2D eigenvalue weighted by molar-refractivity contribution is 5.98. The number of aryl methyl sites for hydroxylation is 1. The topological polar surface area (TPSA) is 98.1 Å². The summed E-state index contributed by atoms with van der Waals surface area (Å²) in [4.78, 5) is 26.3. The lowest BCUT2D eigenvalue weighted by atomic mass is 9.88. The molecule has 0 bridgehead atoms. The molecule has 1 saturated heterocycles. The summed E-state index contributed by atoms with van der Waals surface area (Å²) in [6.07, 6.45) is -1.50. The number of amides is 1. The first-order chi connectivity index (χ1) is 17.4. The number of hydrogen-bond donors (Lipinski definition) is 1. The monoisotopic (exact) mass is 525 g/mol. The molecule has 1 amide bonds. The van der Waals surface area contributed by atoms with E-state index < -0.39 is 54.4 Å². The molecular weight excluding hydrogens is 501 g/mol. The van der Waals surface area contributed by atoms with Crippen molar-refractivity contribution in [2.24, 2.45) is 13.0 Å². The van der Waals surface area contributed by atoms with Crippen molar-refractivity contribution in [3.8, 4) is 17.1 Å². The molecule has 4 heterocycles. The zero-order valence-electron chi connectivity index (χ0n) is 20.1. The molecule has 1 N–H and O–H groups in total. The average Bonchev–Trinajstić information content (AvgIpc) is 3.23. The molecule has 4 rings (SSSR count). The number of halogens is 5. The van der Waals surface area contributed by atoms with Crippen molar-refractivity contribution >= 4 is 11.9 Å². The Kier molecular flexibility index (Phi) is 7.02. The van der Waals surface area contributed by atoms with Crippen molar-refractivity contribution < 1.29 is 31.5 Å². The predicted octanol–water partition coefficient (Wildman–Crippen LogP) is 3.90. The summed E-state index contributed by atoms with van der Waals surface area (Å²) >= 11 is 0. The Bertz CT molecular complexity index is 1270. The average molecular weight is 525 g/mol. The van der Waals surface area contributed by atoms with Crippen molar-refractivity contribution in [1.29, 1.82) is 0 Å². The molecule has 1 aliphatic rings. The van der Waals surface area contributed by atoms with Gasteiger partial charge in [-0.05, 0) is 18.1 Å². The van der Waals surface area contributed by atoms with Crippen LogP contribution in [-0.2, 0) is 13.2 Å². The quantitative estimate of drug-likeness (QED) is 0.488. The second kappa shape index (κ2) is 9.90. The summed E-state index contributed by atoms with van der Waals surface area (Å²) in [5.74, 6) is -5.41. The Morgan fingerprint density at radius 3 is 2.68 bits per heavy atom. The van der Waals surface area contributed by atoms with Crippen LogP contribution >= 0.6 is 0 Å². The third kappa shape index (κ3) is 5.62. The second-order valence-corrected chi connectivity index (χ2v) is 8.81. The fourth-order valence-corrected chi connectivity index (χ4v) is 4.37. The van der Waals surface area contributed by atoms with E-state index >= 15 is 0 Å². The van der Waals surface area contributed by atoms with E-state index in [1.165, 1.54) is 4.68 Å². The summed E-state index contributed by atoms with van der Waals surface area (Å²) in [5, 5.41) is 6.98. The zero-order chi connectivity index (χ0) is 27.0. The highest BCUT2D eigenvalue weighted by atomic mass is 19.4. The van der Waals surface area contributed by atoms with Crippen LogP contribution in [0.3, 0.4) is 0 Å². The summed E-state index contributed by atoms with van der Waals surface area (Å²) in [5.41, 5.74) is -0.350. The van der Waals surface area contributed by atoms with Gasteiger partial charge in [-0.15, -0.1) is 0 Å². The van der Waals surface area contributed by atoms with Crippen LogP contribution in [0.2, 0.25) is 0 Å². The van der Waals surface area contributed by atoms with Gasteiger partial charge in [-0.3, -0.25) is 14.5 Å². The number of carbonyl (C=O) groups excluding carboxylic acids is 1. The number of hydrogen-bond acceptors (Lipinski definition) is 7. The van der Waals surface area contributed by atoms with Crippen molar-refractivity contribution in [2.75, 3.05) is 25.5 Å². The second-order valence-electron chi connectivity index (χ2n) is 8.81. The first kappa shape index (κ1) is 26.2. The van der Waals surface area contributed by atoms with Gasteiger partial charge in [-0.2, -0.15) is 23.3 Å². The summed E-state index contributed by atoms with van der Waals surface area (Å²) < 4.78 is 74.7. The first-order valence-electron chi connectivity index (χ1n) is 11.3. The van der Waals surface area contributed by atoms with Crippen LogP contribution in [0.15, 0.2) is 36.8 Å². The lowest BCUT2D eigenvalue weighted by Crippen LogP contribution is -2.57. The molecule has 1 aliphatic heterocycles. The van der Waals surface area contributed by atoms with Gasteiger partial charge in [0, 0.05) is 38.6 Å².